The Morgan fingerprint density at radius 2 is 2.29 bits per heavy atom. The largest absolute Gasteiger partial charge is 0.392 e. The predicted molar refractivity (Wildman–Crippen MR) is 67.3 cm³/mol. The van der Waals surface area contributed by atoms with E-state index in [1.807, 2.05) is 13.0 Å². The van der Waals surface area contributed by atoms with Crippen LogP contribution in [0.25, 0.3) is 0 Å². The normalized spacial score (nSPS) is 26.1. The van der Waals surface area contributed by atoms with E-state index in [0.29, 0.717) is 17.5 Å². The number of aliphatic hydroxyl groups excluding tert-OH is 1. The zero-order valence-electron chi connectivity index (χ0n) is 9.70. The van der Waals surface area contributed by atoms with Crippen LogP contribution in [0.2, 0.25) is 0 Å². The molecule has 94 valence electrons. The lowest BCUT2D eigenvalue weighted by atomic mass is 9.91. The summed E-state index contributed by atoms with van der Waals surface area (Å²) in [7, 11) is 0. The third-order valence-corrected chi connectivity index (χ3v) is 3.75. The third kappa shape index (κ3) is 3.27. The SMILES string of the molecule is CC1OCCC1C(O)Cc1cc(F)cc(Br)c1. The molecule has 1 aromatic carbocycles. The molecule has 1 aliphatic heterocycles. The molecule has 17 heavy (non-hydrogen) atoms. The van der Waals surface area contributed by atoms with Crippen molar-refractivity contribution in [2.45, 2.75) is 32.0 Å². The molecule has 0 bridgehead atoms. The van der Waals surface area contributed by atoms with Crippen LogP contribution in [0.3, 0.4) is 0 Å². The Labute approximate surface area is 109 Å². The van der Waals surface area contributed by atoms with Crippen molar-refractivity contribution in [3.63, 3.8) is 0 Å². The highest BCUT2D eigenvalue weighted by molar-refractivity contribution is 9.10. The summed E-state index contributed by atoms with van der Waals surface area (Å²) < 4.78 is 19.3. The molecule has 1 fully saturated rings. The van der Waals surface area contributed by atoms with Gasteiger partial charge in [0.2, 0.25) is 0 Å². The van der Waals surface area contributed by atoms with E-state index in [4.69, 9.17) is 4.74 Å². The average Bonchev–Trinajstić information content (AvgIpc) is 2.62. The minimum atomic E-state index is -0.471. The lowest BCUT2D eigenvalue weighted by Gasteiger charge is -2.21. The van der Waals surface area contributed by atoms with Gasteiger partial charge in [-0.2, -0.15) is 0 Å². The number of hydrogen-bond acceptors (Lipinski definition) is 2. The molecule has 1 aromatic rings. The van der Waals surface area contributed by atoms with Gasteiger partial charge in [0.1, 0.15) is 5.82 Å². The molecule has 1 saturated heterocycles. The zero-order chi connectivity index (χ0) is 12.4. The number of benzene rings is 1. The van der Waals surface area contributed by atoms with Gasteiger partial charge in [-0.1, -0.05) is 15.9 Å². The Balaban J connectivity index is 2.04. The van der Waals surface area contributed by atoms with Crippen LogP contribution in [0.5, 0.6) is 0 Å². The van der Waals surface area contributed by atoms with Crippen molar-refractivity contribution < 1.29 is 14.2 Å². The lowest BCUT2D eigenvalue weighted by molar-refractivity contribution is 0.0440. The Hall–Kier alpha value is -0.450. The first-order valence-electron chi connectivity index (χ1n) is 5.81. The first-order valence-corrected chi connectivity index (χ1v) is 6.60. The Kier molecular flexibility index (Phi) is 4.17. The molecule has 0 spiro atoms. The summed E-state index contributed by atoms with van der Waals surface area (Å²) in [5, 5.41) is 10.1. The van der Waals surface area contributed by atoms with E-state index in [0.717, 1.165) is 12.0 Å². The number of ether oxygens (including phenoxy) is 1. The molecule has 0 aliphatic carbocycles. The summed E-state index contributed by atoms with van der Waals surface area (Å²) in [6, 6.07) is 4.72. The van der Waals surface area contributed by atoms with E-state index in [1.165, 1.54) is 12.1 Å². The summed E-state index contributed by atoms with van der Waals surface area (Å²) in [4.78, 5) is 0. The van der Waals surface area contributed by atoms with E-state index >= 15 is 0 Å². The van der Waals surface area contributed by atoms with Crippen LogP contribution in [0.4, 0.5) is 4.39 Å². The lowest BCUT2D eigenvalue weighted by Crippen LogP contribution is -2.28. The molecule has 0 aromatic heterocycles. The van der Waals surface area contributed by atoms with E-state index < -0.39 is 6.10 Å². The van der Waals surface area contributed by atoms with Gasteiger partial charge in [-0.15, -0.1) is 0 Å². The van der Waals surface area contributed by atoms with Crippen molar-refractivity contribution in [3.8, 4) is 0 Å². The smallest absolute Gasteiger partial charge is 0.124 e. The van der Waals surface area contributed by atoms with Crippen LogP contribution in [-0.2, 0) is 11.2 Å². The molecule has 1 aliphatic rings. The van der Waals surface area contributed by atoms with Crippen LogP contribution in [0.15, 0.2) is 22.7 Å². The van der Waals surface area contributed by atoms with Crippen molar-refractivity contribution in [2.24, 2.45) is 5.92 Å². The summed E-state index contributed by atoms with van der Waals surface area (Å²) in [5.41, 5.74) is 0.809. The minimum absolute atomic E-state index is 0.0852. The zero-order valence-corrected chi connectivity index (χ0v) is 11.3. The van der Waals surface area contributed by atoms with Crippen LogP contribution in [0.1, 0.15) is 18.9 Å². The van der Waals surface area contributed by atoms with Crippen molar-refractivity contribution >= 4 is 15.9 Å². The van der Waals surface area contributed by atoms with Crippen LogP contribution < -0.4 is 0 Å². The Morgan fingerprint density at radius 1 is 1.53 bits per heavy atom. The summed E-state index contributed by atoms with van der Waals surface area (Å²) in [5.74, 6) is -0.130. The molecule has 0 saturated carbocycles. The number of hydrogen-bond donors (Lipinski definition) is 1. The predicted octanol–water partition coefficient (Wildman–Crippen LogP) is 2.92. The Morgan fingerprint density at radius 3 is 2.88 bits per heavy atom. The summed E-state index contributed by atoms with van der Waals surface area (Å²) in [6.45, 7) is 2.68. The van der Waals surface area contributed by atoms with Crippen molar-refractivity contribution in [1.29, 1.82) is 0 Å². The van der Waals surface area contributed by atoms with E-state index in [-0.39, 0.29) is 17.8 Å². The number of rotatable bonds is 3. The number of halogens is 2. The quantitative estimate of drug-likeness (QED) is 0.930. The second-order valence-corrected chi connectivity index (χ2v) is 5.49. The van der Waals surface area contributed by atoms with Crippen molar-refractivity contribution in [2.75, 3.05) is 6.61 Å². The third-order valence-electron chi connectivity index (χ3n) is 3.30. The minimum Gasteiger partial charge on any atom is -0.392 e. The molecule has 0 radical (unpaired) electrons. The van der Waals surface area contributed by atoms with Gasteiger partial charge in [-0.3, -0.25) is 0 Å². The maximum absolute atomic E-state index is 13.2. The van der Waals surface area contributed by atoms with Gasteiger partial charge >= 0.3 is 0 Å². The van der Waals surface area contributed by atoms with Gasteiger partial charge in [-0.05, 0) is 43.5 Å². The van der Waals surface area contributed by atoms with Crippen LogP contribution >= 0.6 is 15.9 Å². The van der Waals surface area contributed by atoms with E-state index in [2.05, 4.69) is 15.9 Å². The molecular weight excluding hydrogens is 287 g/mol. The standard InChI is InChI=1S/C13H16BrFO2/c1-8-12(2-3-17-8)13(16)6-9-4-10(14)7-11(15)5-9/h4-5,7-8,12-13,16H,2-3,6H2,1H3. The van der Waals surface area contributed by atoms with Crippen molar-refractivity contribution in [3.05, 3.63) is 34.1 Å². The van der Waals surface area contributed by atoms with Gasteiger partial charge in [0.15, 0.2) is 0 Å². The molecular formula is C13H16BrFO2. The van der Waals surface area contributed by atoms with Crippen LogP contribution in [-0.4, -0.2) is 23.9 Å². The molecule has 2 nitrogen and oxygen atoms in total. The monoisotopic (exact) mass is 302 g/mol. The fourth-order valence-electron chi connectivity index (χ4n) is 2.38. The van der Waals surface area contributed by atoms with Gasteiger partial charge in [0.25, 0.3) is 0 Å². The average molecular weight is 303 g/mol. The maximum Gasteiger partial charge on any atom is 0.124 e. The summed E-state index contributed by atoms with van der Waals surface area (Å²) in [6.07, 6.45) is 0.955. The summed E-state index contributed by atoms with van der Waals surface area (Å²) >= 11 is 3.25. The fourth-order valence-corrected chi connectivity index (χ4v) is 2.89. The van der Waals surface area contributed by atoms with Gasteiger partial charge in [0, 0.05) is 17.0 Å². The first-order chi connectivity index (χ1) is 8.06. The maximum atomic E-state index is 13.2. The molecule has 3 unspecified atom stereocenters. The highest BCUT2D eigenvalue weighted by Crippen LogP contribution is 2.26. The first kappa shape index (κ1) is 13.0. The van der Waals surface area contributed by atoms with Gasteiger partial charge in [-0.25, -0.2) is 4.39 Å². The van der Waals surface area contributed by atoms with E-state index in [9.17, 15) is 9.50 Å². The Bertz CT molecular complexity index is 377. The van der Waals surface area contributed by atoms with E-state index in [1.54, 1.807) is 0 Å². The molecule has 0 amide bonds. The molecule has 2 rings (SSSR count). The second kappa shape index (κ2) is 5.46. The highest BCUT2D eigenvalue weighted by Gasteiger charge is 2.30. The molecule has 1 heterocycles. The van der Waals surface area contributed by atoms with Crippen LogP contribution in [0, 0.1) is 11.7 Å². The second-order valence-electron chi connectivity index (χ2n) is 4.58. The molecule has 4 heteroatoms. The van der Waals surface area contributed by atoms with Gasteiger partial charge in [0.05, 0.1) is 12.2 Å². The highest BCUT2D eigenvalue weighted by atomic mass is 79.9. The molecule has 1 N–H and O–H groups in total. The number of aliphatic hydroxyl groups is 1. The van der Waals surface area contributed by atoms with Crippen molar-refractivity contribution in [1.82, 2.24) is 0 Å². The van der Waals surface area contributed by atoms with Gasteiger partial charge < -0.3 is 9.84 Å². The topological polar surface area (TPSA) is 29.5 Å². The fraction of sp³-hybridized carbons (Fsp3) is 0.538. The molecule has 3 atom stereocenters.